The minimum absolute atomic E-state index is 0.360. The number of carbonyl (C=O) groups is 1. The predicted molar refractivity (Wildman–Crippen MR) is 36.1 cm³/mol. The monoisotopic (exact) mass is 143 g/mol. The molecule has 0 fully saturated rings. The standard InChI is InChI=1S/C5H9N3O2/c9-5(10)8-4-6-2-1-3-7-4/h1-3H2,(H,9,10)(H2,6,7,8). The molecule has 0 aromatic rings. The average Bonchev–Trinajstić information content (AvgIpc) is 1.88. The highest BCUT2D eigenvalue weighted by Crippen LogP contribution is 1.86. The molecule has 0 radical (unpaired) electrons. The second kappa shape index (κ2) is 3.05. The lowest BCUT2D eigenvalue weighted by Gasteiger charge is -2.12. The van der Waals surface area contributed by atoms with Crippen molar-refractivity contribution in [3.63, 3.8) is 0 Å². The van der Waals surface area contributed by atoms with Gasteiger partial charge in [0.15, 0.2) is 0 Å². The number of amides is 1. The molecular formula is C5H9N3O2. The lowest BCUT2D eigenvalue weighted by atomic mass is 10.4. The minimum Gasteiger partial charge on any atom is -0.465 e. The Morgan fingerprint density at radius 1 is 1.80 bits per heavy atom. The average molecular weight is 143 g/mol. The fraction of sp³-hybridized carbons (Fsp3) is 0.600. The van der Waals surface area contributed by atoms with Gasteiger partial charge in [0.25, 0.3) is 0 Å². The molecule has 1 aliphatic heterocycles. The second-order valence-electron chi connectivity index (χ2n) is 1.94. The first kappa shape index (κ1) is 6.85. The Morgan fingerprint density at radius 2 is 2.60 bits per heavy atom. The van der Waals surface area contributed by atoms with Crippen LogP contribution in [0.25, 0.3) is 0 Å². The Balaban J connectivity index is 2.38. The zero-order valence-corrected chi connectivity index (χ0v) is 5.42. The first-order valence-corrected chi connectivity index (χ1v) is 3.07. The van der Waals surface area contributed by atoms with Crippen LogP contribution in [0.15, 0.2) is 4.99 Å². The summed E-state index contributed by atoms with van der Waals surface area (Å²) in [7, 11) is 0. The number of rotatable bonds is 0. The molecule has 5 nitrogen and oxygen atoms in total. The van der Waals surface area contributed by atoms with Gasteiger partial charge in [0.2, 0.25) is 5.96 Å². The van der Waals surface area contributed by atoms with E-state index in [1.165, 1.54) is 0 Å². The van der Waals surface area contributed by atoms with Gasteiger partial charge in [0, 0.05) is 13.1 Å². The Morgan fingerprint density at radius 3 is 3.10 bits per heavy atom. The molecule has 5 heteroatoms. The zero-order chi connectivity index (χ0) is 7.40. The summed E-state index contributed by atoms with van der Waals surface area (Å²) in [6, 6.07) is 0. The van der Waals surface area contributed by atoms with Crippen LogP contribution in [0.1, 0.15) is 6.42 Å². The summed E-state index contributed by atoms with van der Waals surface area (Å²) >= 11 is 0. The summed E-state index contributed by atoms with van der Waals surface area (Å²) in [5.41, 5.74) is 0. The smallest absolute Gasteiger partial charge is 0.411 e. The van der Waals surface area contributed by atoms with E-state index < -0.39 is 6.09 Å². The van der Waals surface area contributed by atoms with Crippen LogP contribution in [0.5, 0.6) is 0 Å². The summed E-state index contributed by atoms with van der Waals surface area (Å²) < 4.78 is 0. The molecule has 1 aliphatic rings. The first-order valence-electron chi connectivity index (χ1n) is 3.07. The number of guanidine groups is 1. The fourth-order valence-corrected chi connectivity index (χ4v) is 0.718. The van der Waals surface area contributed by atoms with Crippen molar-refractivity contribution in [3.8, 4) is 0 Å². The van der Waals surface area contributed by atoms with Gasteiger partial charge >= 0.3 is 6.09 Å². The van der Waals surface area contributed by atoms with E-state index in [9.17, 15) is 4.79 Å². The largest absolute Gasteiger partial charge is 0.465 e. The Kier molecular flexibility index (Phi) is 2.09. The van der Waals surface area contributed by atoms with Gasteiger partial charge in [-0.25, -0.2) is 4.79 Å². The van der Waals surface area contributed by atoms with E-state index in [-0.39, 0.29) is 0 Å². The number of aliphatic imine (C=N–C) groups is 1. The molecule has 0 aromatic heterocycles. The van der Waals surface area contributed by atoms with Crippen LogP contribution >= 0.6 is 0 Å². The number of carboxylic acid groups (broad SMARTS) is 1. The molecule has 0 aromatic carbocycles. The van der Waals surface area contributed by atoms with Gasteiger partial charge in [-0.2, -0.15) is 0 Å². The highest BCUT2D eigenvalue weighted by molar-refractivity contribution is 5.93. The molecule has 56 valence electrons. The highest BCUT2D eigenvalue weighted by atomic mass is 16.4. The molecule has 0 aliphatic carbocycles. The van der Waals surface area contributed by atoms with E-state index in [4.69, 9.17) is 5.11 Å². The first-order chi connectivity index (χ1) is 4.79. The molecule has 0 saturated carbocycles. The predicted octanol–water partition coefficient (Wildman–Crippen LogP) is -0.397. The molecule has 1 heterocycles. The third-order valence-electron chi connectivity index (χ3n) is 1.12. The van der Waals surface area contributed by atoms with E-state index in [0.29, 0.717) is 12.5 Å². The van der Waals surface area contributed by atoms with E-state index in [1.807, 2.05) is 0 Å². The maximum atomic E-state index is 10.0. The fourth-order valence-electron chi connectivity index (χ4n) is 0.718. The number of nitrogens with zero attached hydrogens (tertiary/aromatic N) is 1. The molecule has 0 bridgehead atoms. The van der Waals surface area contributed by atoms with Crippen molar-refractivity contribution in [1.82, 2.24) is 10.6 Å². The molecule has 10 heavy (non-hydrogen) atoms. The van der Waals surface area contributed by atoms with Crippen molar-refractivity contribution in [1.29, 1.82) is 0 Å². The lowest BCUT2D eigenvalue weighted by molar-refractivity contribution is 0.200. The van der Waals surface area contributed by atoms with Gasteiger partial charge in [-0.05, 0) is 6.42 Å². The molecular weight excluding hydrogens is 134 g/mol. The van der Waals surface area contributed by atoms with Crippen molar-refractivity contribution in [3.05, 3.63) is 0 Å². The normalized spacial score (nSPS) is 17.0. The maximum Gasteiger partial charge on any atom is 0.411 e. The molecule has 0 atom stereocenters. The number of hydrogen-bond acceptors (Lipinski definition) is 3. The van der Waals surface area contributed by atoms with Crippen LogP contribution in [0, 0.1) is 0 Å². The third kappa shape index (κ3) is 1.93. The summed E-state index contributed by atoms with van der Waals surface area (Å²) in [4.78, 5) is 13.9. The highest BCUT2D eigenvalue weighted by Gasteiger charge is 2.04. The SMILES string of the molecule is O=C(O)NC1=NCCCN1. The van der Waals surface area contributed by atoms with Gasteiger partial charge in [0.1, 0.15) is 0 Å². The Bertz CT molecular complexity index is 166. The Hall–Kier alpha value is -1.26. The van der Waals surface area contributed by atoms with Crippen LogP contribution in [-0.2, 0) is 0 Å². The van der Waals surface area contributed by atoms with Crippen LogP contribution in [0.3, 0.4) is 0 Å². The van der Waals surface area contributed by atoms with Gasteiger partial charge < -0.3 is 10.4 Å². The van der Waals surface area contributed by atoms with Gasteiger partial charge in [-0.1, -0.05) is 0 Å². The summed E-state index contributed by atoms with van der Waals surface area (Å²) in [6.07, 6.45) is -0.113. The maximum absolute atomic E-state index is 10.0. The van der Waals surface area contributed by atoms with Crippen LogP contribution in [0.2, 0.25) is 0 Å². The molecule has 0 saturated heterocycles. The number of hydrogen-bond donors (Lipinski definition) is 3. The molecule has 1 rings (SSSR count). The van der Waals surface area contributed by atoms with Crippen LogP contribution in [-0.4, -0.2) is 30.2 Å². The Labute approximate surface area is 58.1 Å². The quantitative estimate of drug-likeness (QED) is 0.432. The summed E-state index contributed by atoms with van der Waals surface area (Å²) in [5.74, 6) is 0.360. The van der Waals surface area contributed by atoms with Crippen molar-refractivity contribution >= 4 is 12.1 Å². The zero-order valence-electron chi connectivity index (χ0n) is 5.42. The van der Waals surface area contributed by atoms with E-state index >= 15 is 0 Å². The van der Waals surface area contributed by atoms with Crippen molar-refractivity contribution in [2.24, 2.45) is 4.99 Å². The topological polar surface area (TPSA) is 73.7 Å². The second-order valence-corrected chi connectivity index (χ2v) is 1.94. The van der Waals surface area contributed by atoms with Gasteiger partial charge in [0.05, 0.1) is 0 Å². The minimum atomic E-state index is -1.08. The van der Waals surface area contributed by atoms with Crippen LogP contribution in [0.4, 0.5) is 4.79 Å². The third-order valence-corrected chi connectivity index (χ3v) is 1.12. The van der Waals surface area contributed by atoms with E-state index in [0.717, 1.165) is 13.0 Å². The van der Waals surface area contributed by atoms with Crippen molar-refractivity contribution < 1.29 is 9.90 Å². The summed E-state index contributed by atoms with van der Waals surface area (Å²) in [6.45, 7) is 1.49. The molecule has 0 spiro atoms. The lowest BCUT2D eigenvalue weighted by Crippen LogP contribution is -2.43. The number of nitrogens with one attached hydrogen (secondary N) is 2. The van der Waals surface area contributed by atoms with Gasteiger partial charge in [-0.3, -0.25) is 10.3 Å². The van der Waals surface area contributed by atoms with Crippen molar-refractivity contribution in [2.75, 3.05) is 13.1 Å². The van der Waals surface area contributed by atoms with E-state index in [1.54, 1.807) is 0 Å². The van der Waals surface area contributed by atoms with Gasteiger partial charge in [-0.15, -0.1) is 0 Å². The summed E-state index contributed by atoms with van der Waals surface area (Å²) in [5, 5.41) is 13.2. The molecule has 1 amide bonds. The van der Waals surface area contributed by atoms with Crippen molar-refractivity contribution in [2.45, 2.75) is 6.42 Å². The van der Waals surface area contributed by atoms with E-state index in [2.05, 4.69) is 15.6 Å². The van der Waals surface area contributed by atoms with Crippen LogP contribution < -0.4 is 10.6 Å². The molecule has 3 N–H and O–H groups in total. The molecule has 0 unspecified atom stereocenters.